The third-order valence-electron chi connectivity index (χ3n) is 3.56. The van der Waals surface area contributed by atoms with Crippen LogP contribution in [0, 0.1) is 5.41 Å². The van der Waals surface area contributed by atoms with E-state index in [1.807, 2.05) is 23.8 Å². The number of rotatable bonds is 3. The molecule has 0 N–H and O–H groups in total. The molecule has 20 heavy (non-hydrogen) atoms. The van der Waals surface area contributed by atoms with Gasteiger partial charge in [0, 0.05) is 6.54 Å². The highest BCUT2D eigenvalue weighted by Crippen LogP contribution is 2.32. The standard InChI is InChI=1S/C14H19F2NO2S/c1-9-6-17(13(18)14(2,3)12(15)16)7-11(19-9)10-4-5-20-8-10/h4-5,8-9,11-12H,6-7H2,1-3H3/t9-,11-/m0/s1. The fraction of sp³-hybridized carbons (Fsp3) is 0.643. The zero-order chi connectivity index (χ0) is 14.9. The van der Waals surface area contributed by atoms with Crippen molar-refractivity contribution in [1.82, 2.24) is 4.90 Å². The lowest BCUT2D eigenvalue weighted by Crippen LogP contribution is -2.52. The van der Waals surface area contributed by atoms with Crippen molar-refractivity contribution in [2.45, 2.75) is 39.4 Å². The molecule has 1 saturated heterocycles. The molecule has 1 aliphatic heterocycles. The third kappa shape index (κ3) is 3.01. The molecule has 112 valence electrons. The summed E-state index contributed by atoms with van der Waals surface area (Å²) in [5.74, 6) is -0.511. The summed E-state index contributed by atoms with van der Waals surface area (Å²) in [6, 6.07) is 1.94. The summed E-state index contributed by atoms with van der Waals surface area (Å²) in [5, 5.41) is 3.90. The quantitative estimate of drug-likeness (QED) is 0.857. The second kappa shape index (κ2) is 5.77. The molecule has 3 nitrogen and oxygen atoms in total. The number of carbonyl (C=O) groups is 1. The molecule has 0 radical (unpaired) electrons. The van der Waals surface area contributed by atoms with Crippen LogP contribution in [0.3, 0.4) is 0 Å². The van der Waals surface area contributed by atoms with Crippen LogP contribution in [0.4, 0.5) is 8.78 Å². The summed E-state index contributed by atoms with van der Waals surface area (Å²) >= 11 is 1.55. The second-order valence-corrected chi connectivity index (χ2v) is 6.50. The van der Waals surface area contributed by atoms with E-state index in [0.29, 0.717) is 13.1 Å². The number of thiophene rings is 1. The smallest absolute Gasteiger partial charge is 0.252 e. The first-order valence-corrected chi connectivity index (χ1v) is 7.51. The lowest BCUT2D eigenvalue weighted by molar-refractivity contribution is -0.161. The number of hydrogen-bond acceptors (Lipinski definition) is 3. The Balaban J connectivity index is 2.14. The lowest BCUT2D eigenvalue weighted by Gasteiger charge is -2.40. The Labute approximate surface area is 121 Å². The Morgan fingerprint density at radius 2 is 2.20 bits per heavy atom. The van der Waals surface area contributed by atoms with Crippen molar-refractivity contribution >= 4 is 17.2 Å². The molecule has 0 bridgehead atoms. The lowest BCUT2D eigenvalue weighted by atomic mass is 9.91. The van der Waals surface area contributed by atoms with E-state index in [4.69, 9.17) is 4.74 Å². The number of morpholine rings is 1. The van der Waals surface area contributed by atoms with Gasteiger partial charge < -0.3 is 9.64 Å². The molecule has 1 aromatic rings. The summed E-state index contributed by atoms with van der Waals surface area (Å²) in [4.78, 5) is 13.8. The molecule has 0 saturated carbocycles. The molecule has 2 heterocycles. The third-order valence-corrected chi connectivity index (χ3v) is 4.26. The van der Waals surface area contributed by atoms with Crippen LogP contribution in [0.2, 0.25) is 0 Å². The molecule has 0 aliphatic carbocycles. The number of carbonyl (C=O) groups excluding carboxylic acids is 1. The number of hydrogen-bond donors (Lipinski definition) is 0. The topological polar surface area (TPSA) is 29.5 Å². The maximum Gasteiger partial charge on any atom is 0.252 e. The predicted molar refractivity (Wildman–Crippen MR) is 74.0 cm³/mol. The highest BCUT2D eigenvalue weighted by Gasteiger charge is 2.42. The maximum atomic E-state index is 13.0. The first-order chi connectivity index (χ1) is 9.32. The minimum Gasteiger partial charge on any atom is -0.367 e. The van der Waals surface area contributed by atoms with Gasteiger partial charge >= 0.3 is 0 Å². The fourth-order valence-electron chi connectivity index (χ4n) is 2.26. The van der Waals surface area contributed by atoms with E-state index in [0.717, 1.165) is 5.56 Å². The molecule has 1 amide bonds. The molecule has 0 spiro atoms. The normalized spacial score (nSPS) is 24.2. The average molecular weight is 303 g/mol. The Morgan fingerprint density at radius 1 is 1.50 bits per heavy atom. The van der Waals surface area contributed by atoms with Crippen LogP contribution >= 0.6 is 11.3 Å². The maximum absolute atomic E-state index is 13.0. The van der Waals surface area contributed by atoms with E-state index < -0.39 is 17.7 Å². The van der Waals surface area contributed by atoms with E-state index in [9.17, 15) is 13.6 Å². The molecule has 1 fully saturated rings. The average Bonchev–Trinajstić information content (AvgIpc) is 2.90. The Morgan fingerprint density at radius 3 is 2.75 bits per heavy atom. The summed E-state index contributed by atoms with van der Waals surface area (Å²) in [5.41, 5.74) is -0.662. The van der Waals surface area contributed by atoms with E-state index >= 15 is 0 Å². The van der Waals surface area contributed by atoms with Crippen LogP contribution in [0.25, 0.3) is 0 Å². The zero-order valence-electron chi connectivity index (χ0n) is 11.8. The van der Waals surface area contributed by atoms with E-state index in [2.05, 4.69) is 0 Å². The van der Waals surface area contributed by atoms with Gasteiger partial charge in [-0.05, 0) is 43.2 Å². The fourth-order valence-corrected chi connectivity index (χ4v) is 2.96. The van der Waals surface area contributed by atoms with Gasteiger partial charge in [0.05, 0.1) is 12.6 Å². The van der Waals surface area contributed by atoms with Crippen LogP contribution < -0.4 is 0 Å². The van der Waals surface area contributed by atoms with E-state index in [1.165, 1.54) is 18.7 Å². The monoisotopic (exact) mass is 303 g/mol. The van der Waals surface area contributed by atoms with Crippen LogP contribution in [0.1, 0.15) is 32.4 Å². The van der Waals surface area contributed by atoms with Crippen LogP contribution in [0.5, 0.6) is 0 Å². The number of ether oxygens (including phenoxy) is 1. The van der Waals surface area contributed by atoms with Gasteiger partial charge in [0.1, 0.15) is 11.5 Å². The van der Waals surface area contributed by atoms with Gasteiger partial charge in [0.15, 0.2) is 0 Å². The summed E-state index contributed by atoms with van der Waals surface area (Å²) in [7, 11) is 0. The molecular weight excluding hydrogens is 284 g/mol. The molecule has 0 aromatic carbocycles. The van der Waals surface area contributed by atoms with Crippen molar-refractivity contribution in [3.8, 4) is 0 Å². The van der Waals surface area contributed by atoms with Crippen molar-refractivity contribution in [1.29, 1.82) is 0 Å². The molecule has 6 heteroatoms. The Kier molecular flexibility index (Phi) is 4.44. The van der Waals surface area contributed by atoms with Gasteiger partial charge in [-0.25, -0.2) is 8.78 Å². The minimum absolute atomic E-state index is 0.161. The van der Waals surface area contributed by atoms with Gasteiger partial charge in [-0.1, -0.05) is 0 Å². The first-order valence-electron chi connectivity index (χ1n) is 6.57. The van der Waals surface area contributed by atoms with Crippen molar-refractivity contribution in [3.63, 3.8) is 0 Å². The molecule has 2 atom stereocenters. The molecule has 0 unspecified atom stereocenters. The summed E-state index contributed by atoms with van der Waals surface area (Å²) < 4.78 is 31.8. The number of halogens is 2. The van der Waals surface area contributed by atoms with Gasteiger partial charge in [0.2, 0.25) is 5.91 Å². The van der Waals surface area contributed by atoms with Gasteiger partial charge in [-0.15, -0.1) is 0 Å². The Bertz CT molecular complexity index is 462. The van der Waals surface area contributed by atoms with E-state index in [-0.39, 0.29) is 12.2 Å². The summed E-state index contributed by atoms with van der Waals surface area (Å²) in [6.07, 6.45) is -3.07. The first kappa shape index (κ1) is 15.4. The second-order valence-electron chi connectivity index (χ2n) is 5.72. The van der Waals surface area contributed by atoms with Crippen molar-refractivity contribution in [3.05, 3.63) is 22.4 Å². The van der Waals surface area contributed by atoms with E-state index in [1.54, 1.807) is 11.3 Å². The largest absolute Gasteiger partial charge is 0.367 e. The molecule has 2 rings (SSSR count). The van der Waals surface area contributed by atoms with Gasteiger partial charge in [0.25, 0.3) is 6.43 Å². The Hall–Kier alpha value is -1.01. The van der Waals surface area contributed by atoms with Crippen LogP contribution in [0.15, 0.2) is 16.8 Å². The highest BCUT2D eigenvalue weighted by atomic mass is 32.1. The number of nitrogens with zero attached hydrogens (tertiary/aromatic N) is 1. The molecular formula is C14H19F2NO2S. The van der Waals surface area contributed by atoms with Gasteiger partial charge in [-0.2, -0.15) is 11.3 Å². The number of alkyl halides is 2. The van der Waals surface area contributed by atoms with Gasteiger partial charge in [-0.3, -0.25) is 4.79 Å². The summed E-state index contributed by atoms with van der Waals surface area (Å²) in [6.45, 7) is 5.12. The van der Waals surface area contributed by atoms with Crippen molar-refractivity contribution < 1.29 is 18.3 Å². The van der Waals surface area contributed by atoms with Crippen molar-refractivity contribution in [2.24, 2.45) is 5.41 Å². The zero-order valence-corrected chi connectivity index (χ0v) is 12.6. The van der Waals surface area contributed by atoms with Crippen LogP contribution in [-0.4, -0.2) is 36.4 Å². The van der Waals surface area contributed by atoms with Crippen molar-refractivity contribution in [2.75, 3.05) is 13.1 Å². The number of amides is 1. The molecule has 1 aliphatic rings. The van der Waals surface area contributed by atoms with Crippen LogP contribution in [-0.2, 0) is 9.53 Å². The molecule has 1 aromatic heterocycles. The SMILES string of the molecule is C[C@H]1CN(C(=O)C(C)(C)C(F)F)C[C@@H](c2ccsc2)O1. The highest BCUT2D eigenvalue weighted by molar-refractivity contribution is 7.07. The predicted octanol–water partition coefficient (Wildman–Crippen LogP) is 3.33. The minimum atomic E-state index is -2.67.